The summed E-state index contributed by atoms with van der Waals surface area (Å²) in [5.74, 6) is 1.10. The Labute approximate surface area is 108 Å². The van der Waals surface area contributed by atoms with Gasteiger partial charge in [-0.15, -0.1) is 0 Å². The second-order valence-electron chi connectivity index (χ2n) is 4.96. The molecule has 1 aliphatic rings. The second-order valence-corrected chi connectivity index (χ2v) is 4.96. The lowest BCUT2D eigenvalue weighted by atomic mass is 10.1. The highest BCUT2D eigenvalue weighted by atomic mass is 15.1. The van der Waals surface area contributed by atoms with Crippen molar-refractivity contribution in [1.29, 1.82) is 0 Å². The Bertz CT molecular complexity index is 510. The van der Waals surface area contributed by atoms with Crippen LogP contribution in [0.2, 0.25) is 0 Å². The van der Waals surface area contributed by atoms with Gasteiger partial charge in [0.1, 0.15) is 5.82 Å². The quantitative estimate of drug-likeness (QED) is 0.876. The van der Waals surface area contributed by atoms with Crippen LogP contribution in [0.1, 0.15) is 24.6 Å². The maximum absolute atomic E-state index is 4.60. The summed E-state index contributed by atoms with van der Waals surface area (Å²) < 4.78 is 2.39. The van der Waals surface area contributed by atoms with E-state index in [-0.39, 0.29) is 0 Å². The number of hydrogen-bond donors (Lipinski definition) is 1. The molecule has 1 saturated heterocycles. The van der Waals surface area contributed by atoms with E-state index >= 15 is 0 Å². The molecular formula is C15H19N3. The fourth-order valence-electron chi connectivity index (χ4n) is 2.76. The molecule has 0 amide bonds. The molecule has 1 aliphatic heterocycles. The summed E-state index contributed by atoms with van der Waals surface area (Å²) in [6.07, 6.45) is 4.47. The molecule has 1 fully saturated rings. The van der Waals surface area contributed by atoms with Gasteiger partial charge in [0, 0.05) is 30.0 Å². The second kappa shape index (κ2) is 4.94. The lowest BCUT2D eigenvalue weighted by Gasteiger charge is -2.27. The number of benzene rings is 1. The number of nitrogens with one attached hydrogen (secondary N) is 1. The molecule has 0 bridgehead atoms. The molecule has 3 rings (SSSR count). The SMILES string of the molecule is Cc1cnc(-c2ccccc2)n1[C@H]1CCCNC1. The molecule has 3 nitrogen and oxygen atoms in total. The third kappa shape index (κ3) is 2.06. The Morgan fingerprint density at radius 2 is 2.11 bits per heavy atom. The fraction of sp³-hybridized carbons (Fsp3) is 0.400. The summed E-state index contributed by atoms with van der Waals surface area (Å²) in [5.41, 5.74) is 2.46. The van der Waals surface area contributed by atoms with E-state index in [1.807, 2.05) is 12.3 Å². The summed E-state index contributed by atoms with van der Waals surface area (Å²) >= 11 is 0. The van der Waals surface area contributed by atoms with E-state index in [0.29, 0.717) is 6.04 Å². The molecule has 94 valence electrons. The molecule has 0 aliphatic carbocycles. The van der Waals surface area contributed by atoms with E-state index in [1.165, 1.54) is 24.1 Å². The monoisotopic (exact) mass is 241 g/mol. The zero-order chi connectivity index (χ0) is 12.4. The predicted octanol–water partition coefficient (Wildman–Crippen LogP) is 2.78. The Morgan fingerprint density at radius 3 is 2.83 bits per heavy atom. The van der Waals surface area contributed by atoms with Gasteiger partial charge in [-0.3, -0.25) is 0 Å². The molecule has 2 aromatic rings. The van der Waals surface area contributed by atoms with Gasteiger partial charge >= 0.3 is 0 Å². The summed E-state index contributed by atoms with van der Waals surface area (Å²) in [7, 11) is 0. The van der Waals surface area contributed by atoms with Gasteiger partial charge < -0.3 is 9.88 Å². The molecule has 1 atom stereocenters. The Hall–Kier alpha value is -1.61. The first kappa shape index (κ1) is 11.5. The average molecular weight is 241 g/mol. The first-order chi connectivity index (χ1) is 8.86. The number of aryl methyl sites for hydroxylation is 1. The van der Waals surface area contributed by atoms with Gasteiger partial charge in [-0.05, 0) is 26.3 Å². The molecule has 0 radical (unpaired) electrons. The number of imidazole rings is 1. The highest BCUT2D eigenvalue weighted by Crippen LogP contribution is 2.26. The Balaban J connectivity index is 2.01. The molecular weight excluding hydrogens is 222 g/mol. The van der Waals surface area contributed by atoms with Gasteiger partial charge in [0.05, 0.1) is 0 Å². The highest BCUT2D eigenvalue weighted by molar-refractivity contribution is 5.56. The van der Waals surface area contributed by atoms with Crippen LogP contribution >= 0.6 is 0 Å². The van der Waals surface area contributed by atoms with Crippen molar-refractivity contribution in [3.63, 3.8) is 0 Å². The maximum atomic E-state index is 4.60. The third-order valence-corrected chi connectivity index (χ3v) is 3.65. The molecule has 3 heteroatoms. The van der Waals surface area contributed by atoms with Gasteiger partial charge in [0.25, 0.3) is 0 Å². The van der Waals surface area contributed by atoms with Crippen molar-refractivity contribution in [1.82, 2.24) is 14.9 Å². The van der Waals surface area contributed by atoms with Crippen LogP contribution in [-0.4, -0.2) is 22.6 Å². The van der Waals surface area contributed by atoms with Crippen LogP contribution in [-0.2, 0) is 0 Å². The van der Waals surface area contributed by atoms with Crippen LogP contribution in [0.4, 0.5) is 0 Å². The lowest BCUT2D eigenvalue weighted by Crippen LogP contribution is -2.32. The standard InChI is InChI=1S/C15H19N3/c1-12-10-17-15(13-6-3-2-4-7-13)18(12)14-8-5-9-16-11-14/h2-4,6-7,10,14,16H,5,8-9,11H2,1H3/t14-/m0/s1. The predicted molar refractivity (Wildman–Crippen MR) is 73.5 cm³/mol. The molecule has 1 N–H and O–H groups in total. The number of rotatable bonds is 2. The normalized spacial score (nSPS) is 19.9. The zero-order valence-corrected chi connectivity index (χ0v) is 10.8. The van der Waals surface area contributed by atoms with E-state index in [4.69, 9.17) is 0 Å². The van der Waals surface area contributed by atoms with E-state index < -0.39 is 0 Å². The van der Waals surface area contributed by atoms with Crippen molar-refractivity contribution in [2.24, 2.45) is 0 Å². The van der Waals surface area contributed by atoms with Crippen LogP contribution in [0.5, 0.6) is 0 Å². The summed E-state index contributed by atoms with van der Waals surface area (Å²) in [6, 6.07) is 11.0. The van der Waals surface area contributed by atoms with Gasteiger partial charge in [0.2, 0.25) is 0 Å². The van der Waals surface area contributed by atoms with Crippen LogP contribution < -0.4 is 5.32 Å². The molecule has 1 aromatic carbocycles. The number of nitrogens with zero attached hydrogens (tertiary/aromatic N) is 2. The summed E-state index contributed by atoms with van der Waals surface area (Å²) in [6.45, 7) is 4.34. The van der Waals surface area contributed by atoms with Crippen LogP contribution in [0, 0.1) is 6.92 Å². The van der Waals surface area contributed by atoms with Gasteiger partial charge in [-0.1, -0.05) is 30.3 Å². The van der Waals surface area contributed by atoms with Crippen molar-refractivity contribution in [2.75, 3.05) is 13.1 Å². The molecule has 0 unspecified atom stereocenters. The Kier molecular flexibility index (Phi) is 3.15. The van der Waals surface area contributed by atoms with Crippen molar-refractivity contribution in [3.05, 3.63) is 42.2 Å². The fourth-order valence-corrected chi connectivity index (χ4v) is 2.76. The maximum Gasteiger partial charge on any atom is 0.140 e. The molecule has 18 heavy (non-hydrogen) atoms. The number of piperidine rings is 1. The lowest BCUT2D eigenvalue weighted by molar-refractivity contribution is 0.370. The third-order valence-electron chi connectivity index (χ3n) is 3.65. The molecule has 0 saturated carbocycles. The van der Waals surface area contributed by atoms with Crippen molar-refractivity contribution < 1.29 is 0 Å². The smallest absolute Gasteiger partial charge is 0.140 e. The van der Waals surface area contributed by atoms with Crippen LogP contribution in [0.25, 0.3) is 11.4 Å². The minimum Gasteiger partial charge on any atom is -0.324 e. The van der Waals surface area contributed by atoms with Crippen molar-refractivity contribution in [2.45, 2.75) is 25.8 Å². The first-order valence-electron chi connectivity index (χ1n) is 6.66. The van der Waals surface area contributed by atoms with E-state index in [2.05, 4.69) is 46.1 Å². The number of aromatic nitrogens is 2. The average Bonchev–Trinajstić information content (AvgIpc) is 2.83. The summed E-state index contributed by atoms with van der Waals surface area (Å²) in [4.78, 5) is 4.60. The summed E-state index contributed by atoms with van der Waals surface area (Å²) in [5, 5.41) is 3.48. The van der Waals surface area contributed by atoms with Crippen molar-refractivity contribution in [3.8, 4) is 11.4 Å². The van der Waals surface area contributed by atoms with Gasteiger partial charge in [-0.2, -0.15) is 0 Å². The van der Waals surface area contributed by atoms with Crippen molar-refractivity contribution >= 4 is 0 Å². The van der Waals surface area contributed by atoms with Crippen LogP contribution in [0.3, 0.4) is 0 Å². The Morgan fingerprint density at radius 1 is 1.28 bits per heavy atom. The molecule has 0 spiro atoms. The first-order valence-corrected chi connectivity index (χ1v) is 6.66. The minimum absolute atomic E-state index is 0.538. The largest absolute Gasteiger partial charge is 0.324 e. The van der Waals surface area contributed by atoms with Crippen LogP contribution in [0.15, 0.2) is 36.5 Å². The van der Waals surface area contributed by atoms with Gasteiger partial charge in [-0.25, -0.2) is 4.98 Å². The highest BCUT2D eigenvalue weighted by Gasteiger charge is 2.20. The topological polar surface area (TPSA) is 29.9 Å². The number of hydrogen-bond acceptors (Lipinski definition) is 2. The van der Waals surface area contributed by atoms with E-state index in [9.17, 15) is 0 Å². The van der Waals surface area contributed by atoms with Gasteiger partial charge in [0.15, 0.2) is 0 Å². The minimum atomic E-state index is 0.538. The zero-order valence-electron chi connectivity index (χ0n) is 10.8. The molecule has 2 heterocycles. The van der Waals surface area contributed by atoms with E-state index in [0.717, 1.165) is 18.9 Å². The molecule has 1 aromatic heterocycles. The van der Waals surface area contributed by atoms with E-state index in [1.54, 1.807) is 0 Å².